The Balaban J connectivity index is 2.89. The molecule has 0 heterocycles. The van der Waals surface area contributed by atoms with Crippen LogP contribution in [0.3, 0.4) is 0 Å². The zero-order valence-electron chi connectivity index (χ0n) is 8.99. The highest BCUT2D eigenvalue weighted by Gasteiger charge is 2.39. The van der Waals surface area contributed by atoms with Crippen LogP contribution in [0.4, 0.5) is 0 Å². The Labute approximate surface area is 85.0 Å². The number of hydrogen-bond acceptors (Lipinski definition) is 3. The van der Waals surface area contributed by atoms with Gasteiger partial charge in [0.1, 0.15) is 17.5 Å². The second-order valence-electron chi connectivity index (χ2n) is 3.44. The standard InChI is InChI=1S/C11H18O3/c1-4-7-11(14-3)8-5-6-9(13-2)10(11)12/h5-6,8,10,12H,4,7H2,1-3H3. The lowest BCUT2D eigenvalue weighted by atomic mass is 9.86. The van der Waals surface area contributed by atoms with Crippen LogP contribution in [0.25, 0.3) is 0 Å². The second-order valence-corrected chi connectivity index (χ2v) is 3.44. The van der Waals surface area contributed by atoms with Crippen molar-refractivity contribution in [3.05, 3.63) is 24.0 Å². The molecule has 0 saturated heterocycles. The quantitative estimate of drug-likeness (QED) is 0.746. The van der Waals surface area contributed by atoms with Gasteiger partial charge in [0.25, 0.3) is 0 Å². The Morgan fingerprint density at radius 3 is 2.71 bits per heavy atom. The summed E-state index contributed by atoms with van der Waals surface area (Å²) in [5.41, 5.74) is -0.616. The molecule has 0 aromatic carbocycles. The monoisotopic (exact) mass is 198 g/mol. The summed E-state index contributed by atoms with van der Waals surface area (Å²) in [7, 11) is 3.17. The summed E-state index contributed by atoms with van der Waals surface area (Å²) in [6.07, 6.45) is 6.54. The molecule has 3 heteroatoms. The van der Waals surface area contributed by atoms with Gasteiger partial charge in [-0.15, -0.1) is 0 Å². The van der Waals surface area contributed by atoms with Gasteiger partial charge in [-0.3, -0.25) is 0 Å². The largest absolute Gasteiger partial charge is 0.498 e. The Bertz CT molecular complexity index is 245. The number of methoxy groups -OCH3 is 2. The molecular weight excluding hydrogens is 180 g/mol. The molecule has 3 nitrogen and oxygen atoms in total. The Kier molecular flexibility index (Phi) is 3.72. The molecule has 0 radical (unpaired) electrons. The maximum atomic E-state index is 10.0. The van der Waals surface area contributed by atoms with E-state index < -0.39 is 11.7 Å². The van der Waals surface area contributed by atoms with Gasteiger partial charge in [0, 0.05) is 7.11 Å². The number of hydrogen-bond donors (Lipinski definition) is 1. The van der Waals surface area contributed by atoms with Crippen molar-refractivity contribution < 1.29 is 14.6 Å². The van der Waals surface area contributed by atoms with Gasteiger partial charge >= 0.3 is 0 Å². The first-order valence-electron chi connectivity index (χ1n) is 4.86. The van der Waals surface area contributed by atoms with Crippen LogP contribution in [-0.2, 0) is 9.47 Å². The van der Waals surface area contributed by atoms with Gasteiger partial charge in [-0.25, -0.2) is 0 Å². The van der Waals surface area contributed by atoms with E-state index in [0.717, 1.165) is 12.8 Å². The molecular formula is C11H18O3. The van der Waals surface area contributed by atoms with E-state index in [2.05, 4.69) is 6.92 Å². The average molecular weight is 198 g/mol. The molecule has 1 rings (SSSR count). The Morgan fingerprint density at radius 2 is 2.21 bits per heavy atom. The smallest absolute Gasteiger partial charge is 0.143 e. The fraction of sp³-hybridized carbons (Fsp3) is 0.636. The SMILES string of the molecule is CCCC1(OC)C=CC=C(OC)C1O. The average Bonchev–Trinajstić information content (AvgIpc) is 2.21. The minimum atomic E-state index is -0.706. The molecule has 0 saturated carbocycles. The van der Waals surface area contributed by atoms with Gasteiger partial charge in [-0.2, -0.15) is 0 Å². The lowest BCUT2D eigenvalue weighted by Gasteiger charge is -2.36. The highest BCUT2D eigenvalue weighted by Crippen LogP contribution is 2.31. The fourth-order valence-corrected chi connectivity index (χ4v) is 1.80. The predicted octanol–water partition coefficient (Wildman–Crippen LogP) is 1.63. The lowest BCUT2D eigenvalue weighted by Crippen LogP contribution is -2.45. The summed E-state index contributed by atoms with van der Waals surface area (Å²) in [6, 6.07) is 0. The van der Waals surface area contributed by atoms with Crippen molar-refractivity contribution >= 4 is 0 Å². The topological polar surface area (TPSA) is 38.7 Å². The molecule has 1 aliphatic carbocycles. The van der Waals surface area contributed by atoms with Crippen molar-refractivity contribution in [3.63, 3.8) is 0 Å². The van der Waals surface area contributed by atoms with E-state index in [1.54, 1.807) is 20.3 Å². The minimum absolute atomic E-state index is 0.558. The normalized spacial score (nSPS) is 31.4. The van der Waals surface area contributed by atoms with Gasteiger partial charge in [0.15, 0.2) is 0 Å². The van der Waals surface area contributed by atoms with Crippen molar-refractivity contribution in [1.82, 2.24) is 0 Å². The van der Waals surface area contributed by atoms with E-state index in [4.69, 9.17) is 9.47 Å². The molecule has 2 atom stereocenters. The van der Waals surface area contributed by atoms with E-state index in [1.807, 2.05) is 12.2 Å². The third-order valence-corrected chi connectivity index (χ3v) is 2.63. The van der Waals surface area contributed by atoms with Crippen LogP contribution in [0.2, 0.25) is 0 Å². The highest BCUT2D eigenvalue weighted by molar-refractivity contribution is 5.27. The fourth-order valence-electron chi connectivity index (χ4n) is 1.80. The van der Waals surface area contributed by atoms with Gasteiger partial charge in [-0.05, 0) is 18.6 Å². The van der Waals surface area contributed by atoms with E-state index in [-0.39, 0.29) is 0 Å². The molecule has 0 fully saturated rings. The van der Waals surface area contributed by atoms with Gasteiger partial charge in [-0.1, -0.05) is 19.4 Å². The maximum Gasteiger partial charge on any atom is 0.143 e. The highest BCUT2D eigenvalue weighted by atomic mass is 16.5. The Morgan fingerprint density at radius 1 is 1.50 bits per heavy atom. The molecule has 80 valence electrons. The summed E-state index contributed by atoms with van der Waals surface area (Å²) in [5, 5.41) is 10.0. The molecule has 0 aromatic heterocycles. The third-order valence-electron chi connectivity index (χ3n) is 2.63. The van der Waals surface area contributed by atoms with E-state index in [1.165, 1.54) is 0 Å². The van der Waals surface area contributed by atoms with Crippen molar-refractivity contribution in [2.45, 2.75) is 31.5 Å². The molecule has 1 N–H and O–H groups in total. The third kappa shape index (κ3) is 1.83. The van der Waals surface area contributed by atoms with E-state index >= 15 is 0 Å². The molecule has 0 bridgehead atoms. The van der Waals surface area contributed by atoms with Crippen LogP contribution in [0.15, 0.2) is 24.0 Å². The molecule has 2 unspecified atom stereocenters. The minimum Gasteiger partial charge on any atom is -0.498 e. The predicted molar refractivity (Wildman–Crippen MR) is 54.9 cm³/mol. The summed E-state index contributed by atoms with van der Waals surface area (Å²) in [6.45, 7) is 2.06. The summed E-state index contributed by atoms with van der Waals surface area (Å²) in [4.78, 5) is 0. The Hall–Kier alpha value is -0.800. The zero-order chi connectivity index (χ0) is 10.6. The molecule has 0 aliphatic heterocycles. The molecule has 0 amide bonds. The lowest BCUT2D eigenvalue weighted by molar-refractivity contribution is -0.0767. The van der Waals surface area contributed by atoms with Crippen molar-refractivity contribution in [2.75, 3.05) is 14.2 Å². The maximum absolute atomic E-state index is 10.0. The number of ether oxygens (including phenoxy) is 2. The van der Waals surface area contributed by atoms with Crippen molar-refractivity contribution in [2.24, 2.45) is 0 Å². The number of aliphatic hydroxyl groups is 1. The summed E-state index contributed by atoms with van der Waals surface area (Å²) >= 11 is 0. The van der Waals surface area contributed by atoms with Gasteiger partial charge in [0.2, 0.25) is 0 Å². The first-order chi connectivity index (χ1) is 6.70. The van der Waals surface area contributed by atoms with Crippen LogP contribution in [0, 0.1) is 0 Å². The van der Waals surface area contributed by atoms with Crippen LogP contribution >= 0.6 is 0 Å². The first kappa shape index (κ1) is 11.3. The number of aliphatic hydroxyl groups excluding tert-OH is 1. The van der Waals surface area contributed by atoms with Crippen LogP contribution < -0.4 is 0 Å². The molecule has 0 aromatic rings. The van der Waals surface area contributed by atoms with Crippen molar-refractivity contribution in [3.8, 4) is 0 Å². The van der Waals surface area contributed by atoms with Crippen LogP contribution in [0.1, 0.15) is 19.8 Å². The number of rotatable bonds is 4. The molecule has 1 aliphatic rings. The van der Waals surface area contributed by atoms with Gasteiger partial charge < -0.3 is 14.6 Å². The second kappa shape index (κ2) is 4.62. The van der Waals surface area contributed by atoms with E-state index in [9.17, 15) is 5.11 Å². The summed E-state index contributed by atoms with van der Waals surface area (Å²) < 4.78 is 10.5. The summed E-state index contributed by atoms with van der Waals surface area (Å²) in [5.74, 6) is 0.558. The molecule has 0 spiro atoms. The van der Waals surface area contributed by atoms with Crippen molar-refractivity contribution in [1.29, 1.82) is 0 Å². The zero-order valence-corrected chi connectivity index (χ0v) is 8.99. The van der Waals surface area contributed by atoms with Crippen LogP contribution in [-0.4, -0.2) is 31.0 Å². The van der Waals surface area contributed by atoms with E-state index in [0.29, 0.717) is 5.76 Å². The van der Waals surface area contributed by atoms with Gasteiger partial charge in [0.05, 0.1) is 7.11 Å². The van der Waals surface area contributed by atoms with Crippen LogP contribution in [0.5, 0.6) is 0 Å². The number of allylic oxidation sites excluding steroid dienone is 2. The first-order valence-corrected chi connectivity index (χ1v) is 4.86. The molecule has 14 heavy (non-hydrogen) atoms.